The molecule has 1 N–H and O–H groups in total. The fourth-order valence-corrected chi connectivity index (χ4v) is 2.67. The normalized spacial score (nSPS) is 10.5. The lowest BCUT2D eigenvalue weighted by atomic mass is 10.2. The molecule has 0 atom stereocenters. The fourth-order valence-electron chi connectivity index (χ4n) is 2.49. The van der Waals surface area contributed by atoms with E-state index in [0.29, 0.717) is 11.0 Å². The topological polar surface area (TPSA) is 41.1 Å². The van der Waals surface area contributed by atoms with Crippen molar-refractivity contribution < 1.29 is 0 Å². The number of hydrogen-bond donors (Lipinski definition) is 1. The lowest BCUT2D eigenvalue weighted by molar-refractivity contribution is 0.978. The van der Waals surface area contributed by atoms with E-state index in [1.165, 1.54) is 0 Å². The van der Waals surface area contributed by atoms with Crippen molar-refractivity contribution in [2.45, 2.75) is 13.8 Å². The maximum absolute atomic E-state index is 6.08. The largest absolute Gasteiger partial charge is 0.327 e. The Morgan fingerprint density at radius 3 is 2.62 bits per heavy atom. The summed E-state index contributed by atoms with van der Waals surface area (Å²) in [6.07, 6.45) is 1.76. The quantitative estimate of drug-likeness (QED) is 0.681. The number of halogens is 1. The van der Waals surface area contributed by atoms with Crippen molar-refractivity contribution >= 4 is 34.7 Å². The van der Waals surface area contributed by atoms with Crippen LogP contribution in [0.2, 0.25) is 5.02 Å². The van der Waals surface area contributed by atoms with E-state index in [2.05, 4.69) is 39.2 Å². The second-order valence-electron chi connectivity index (χ2n) is 5.40. The third kappa shape index (κ3) is 3.66. The maximum Gasteiger partial charge on any atom is 0.229 e. The average Bonchev–Trinajstić information content (AvgIpc) is 2.60. The van der Waals surface area contributed by atoms with Gasteiger partial charge in [-0.15, -0.1) is 0 Å². The summed E-state index contributed by atoms with van der Waals surface area (Å²) in [5.74, 6) is 1.40. The van der Waals surface area contributed by atoms with E-state index in [9.17, 15) is 0 Å². The van der Waals surface area contributed by atoms with Crippen LogP contribution in [-0.4, -0.2) is 16.5 Å². The number of rotatable bonds is 5. The molecule has 4 nitrogen and oxygen atoms in total. The van der Waals surface area contributed by atoms with Crippen molar-refractivity contribution in [1.29, 1.82) is 0 Å². The highest BCUT2D eigenvalue weighted by Gasteiger charge is 2.10. The molecule has 0 saturated carbocycles. The average molecular weight is 339 g/mol. The number of aromatic nitrogens is 2. The third-order valence-electron chi connectivity index (χ3n) is 3.75. The third-order valence-corrected chi connectivity index (χ3v) is 3.98. The highest BCUT2D eigenvalue weighted by Crippen LogP contribution is 2.26. The molecule has 0 radical (unpaired) electrons. The summed E-state index contributed by atoms with van der Waals surface area (Å²) < 4.78 is 0. The maximum atomic E-state index is 6.08. The summed E-state index contributed by atoms with van der Waals surface area (Å²) in [5, 5.41) is 3.93. The van der Waals surface area contributed by atoms with Gasteiger partial charge in [-0.25, -0.2) is 4.98 Å². The standard InChI is InChI=1S/C19H19ClN4/c1-3-24(16-7-5-4-6-8-16)18-11-12-21-19(23-18)22-17-13-15(20)10-9-14(17)2/h4-13H,3H2,1-2H3,(H,21,22,23). The van der Waals surface area contributed by atoms with Crippen molar-refractivity contribution in [3.05, 3.63) is 71.4 Å². The molecule has 3 rings (SSSR count). The van der Waals surface area contributed by atoms with Gasteiger partial charge in [0, 0.05) is 29.1 Å². The molecule has 1 heterocycles. The molecule has 24 heavy (non-hydrogen) atoms. The van der Waals surface area contributed by atoms with Crippen LogP contribution < -0.4 is 10.2 Å². The number of aryl methyl sites for hydroxylation is 1. The molecule has 0 aliphatic carbocycles. The molecule has 5 heteroatoms. The van der Waals surface area contributed by atoms with E-state index in [1.54, 1.807) is 6.20 Å². The van der Waals surface area contributed by atoms with Crippen LogP contribution in [0.3, 0.4) is 0 Å². The number of para-hydroxylation sites is 1. The van der Waals surface area contributed by atoms with Gasteiger partial charge in [-0.2, -0.15) is 4.98 Å². The van der Waals surface area contributed by atoms with E-state index in [0.717, 1.165) is 29.3 Å². The number of benzene rings is 2. The SMILES string of the molecule is CCN(c1ccccc1)c1ccnc(Nc2cc(Cl)ccc2C)n1. The summed E-state index contributed by atoms with van der Waals surface area (Å²) in [5.41, 5.74) is 3.09. The first-order valence-corrected chi connectivity index (χ1v) is 8.24. The van der Waals surface area contributed by atoms with Crippen LogP contribution in [0.15, 0.2) is 60.8 Å². The van der Waals surface area contributed by atoms with E-state index in [1.807, 2.05) is 49.4 Å². The van der Waals surface area contributed by atoms with Crippen molar-refractivity contribution in [1.82, 2.24) is 9.97 Å². The highest BCUT2D eigenvalue weighted by molar-refractivity contribution is 6.30. The number of anilines is 4. The molecule has 0 saturated heterocycles. The molecule has 0 spiro atoms. The summed E-state index contributed by atoms with van der Waals surface area (Å²) >= 11 is 6.08. The van der Waals surface area contributed by atoms with Crippen LogP contribution in [0.25, 0.3) is 0 Å². The van der Waals surface area contributed by atoms with Crippen LogP contribution in [0.1, 0.15) is 12.5 Å². The zero-order valence-electron chi connectivity index (χ0n) is 13.7. The first kappa shape index (κ1) is 16.3. The predicted octanol–water partition coefficient (Wildman–Crippen LogP) is 5.34. The predicted molar refractivity (Wildman–Crippen MR) is 101 cm³/mol. The molecule has 0 aliphatic rings. The van der Waals surface area contributed by atoms with Crippen molar-refractivity contribution in [3.8, 4) is 0 Å². The number of nitrogens with zero attached hydrogens (tertiary/aromatic N) is 3. The molecule has 3 aromatic rings. The minimum absolute atomic E-state index is 0.548. The lowest BCUT2D eigenvalue weighted by Gasteiger charge is -2.22. The Kier molecular flexibility index (Phi) is 4.96. The van der Waals surface area contributed by atoms with E-state index in [4.69, 9.17) is 11.6 Å². The molecule has 0 aliphatic heterocycles. The molecule has 2 aromatic carbocycles. The Hall–Kier alpha value is -2.59. The first-order valence-electron chi connectivity index (χ1n) is 7.86. The fraction of sp³-hybridized carbons (Fsp3) is 0.158. The van der Waals surface area contributed by atoms with Gasteiger partial charge in [-0.3, -0.25) is 0 Å². The highest BCUT2D eigenvalue weighted by atomic mass is 35.5. The van der Waals surface area contributed by atoms with Crippen molar-refractivity contribution in [3.63, 3.8) is 0 Å². The summed E-state index contributed by atoms with van der Waals surface area (Å²) in [6.45, 7) is 4.94. The van der Waals surface area contributed by atoms with Gasteiger partial charge < -0.3 is 10.2 Å². The Bertz CT molecular complexity index is 821. The van der Waals surface area contributed by atoms with Crippen molar-refractivity contribution in [2.24, 2.45) is 0 Å². The van der Waals surface area contributed by atoms with E-state index >= 15 is 0 Å². The molecule has 1 aromatic heterocycles. The van der Waals surface area contributed by atoms with Crippen LogP contribution >= 0.6 is 11.6 Å². The zero-order valence-corrected chi connectivity index (χ0v) is 14.5. The molecule has 0 amide bonds. The van der Waals surface area contributed by atoms with E-state index in [-0.39, 0.29) is 0 Å². The Morgan fingerprint density at radius 2 is 1.88 bits per heavy atom. The van der Waals surface area contributed by atoms with Crippen molar-refractivity contribution in [2.75, 3.05) is 16.8 Å². The number of nitrogens with one attached hydrogen (secondary N) is 1. The summed E-state index contributed by atoms with van der Waals surface area (Å²) in [6, 6.07) is 17.8. The molecular formula is C19H19ClN4. The minimum atomic E-state index is 0.548. The van der Waals surface area contributed by atoms with Gasteiger partial charge in [-0.1, -0.05) is 35.9 Å². The first-order chi connectivity index (χ1) is 11.7. The smallest absolute Gasteiger partial charge is 0.229 e. The number of hydrogen-bond acceptors (Lipinski definition) is 4. The van der Waals surface area contributed by atoms with Gasteiger partial charge in [0.2, 0.25) is 5.95 Å². The van der Waals surface area contributed by atoms with Gasteiger partial charge in [0.05, 0.1) is 0 Å². The van der Waals surface area contributed by atoms with Gasteiger partial charge >= 0.3 is 0 Å². The van der Waals surface area contributed by atoms with Gasteiger partial charge in [0.25, 0.3) is 0 Å². The van der Waals surface area contributed by atoms with Gasteiger partial charge in [0.1, 0.15) is 5.82 Å². The van der Waals surface area contributed by atoms with Crippen LogP contribution in [0.4, 0.5) is 23.1 Å². The second kappa shape index (κ2) is 7.32. The van der Waals surface area contributed by atoms with Crippen LogP contribution in [0, 0.1) is 6.92 Å². The molecule has 0 bridgehead atoms. The van der Waals surface area contributed by atoms with Crippen LogP contribution in [-0.2, 0) is 0 Å². The monoisotopic (exact) mass is 338 g/mol. The van der Waals surface area contributed by atoms with Gasteiger partial charge in [0.15, 0.2) is 0 Å². The van der Waals surface area contributed by atoms with E-state index < -0.39 is 0 Å². The summed E-state index contributed by atoms with van der Waals surface area (Å²) in [4.78, 5) is 11.1. The molecule has 122 valence electrons. The Balaban J connectivity index is 1.90. The van der Waals surface area contributed by atoms with Gasteiger partial charge in [-0.05, 0) is 49.7 Å². The second-order valence-corrected chi connectivity index (χ2v) is 5.84. The molecule has 0 unspecified atom stereocenters. The van der Waals surface area contributed by atoms with Crippen LogP contribution in [0.5, 0.6) is 0 Å². The summed E-state index contributed by atoms with van der Waals surface area (Å²) in [7, 11) is 0. The zero-order chi connectivity index (χ0) is 16.9. The lowest BCUT2D eigenvalue weighted by Crippen LogP contribution is -2.17. The minimum Gasteiger partial charge on any atom is -0.327 e. The Morgan fingerprint density at radius 1 is 1.08 bits per heavy atom. The molecule has 0 fully saturated rings. The Labute approximate surface area is 147 Å². The molecular weight excluding hydrogens is 320 g/mol.